The van der Waals surface area contributed by atoms with Gasteiger partial charge in [-0.2, -0.15) is 0 Å². The SMILES string of the molecule is COCOc1cc(OC)c(OC)cc1Br. The second-order valence-electron chi connectivity index (χ2n) is 2.69. The van der Waals surface area contributed by atoms with Crippen molar-refractivity contribution in [1.29, 1.82) is 0 Å². The summed E-state index contributed by atoms with van der Waals surface area (Å²) in [5.41, 5.74) is 0. The van der Waals surface area contributed by atoms with Crippen LogP contribution in [0.4, 0.5) is 0 Å². The van der Waals surface area contributed by atoms with Crippen molar-refractivity contribution in [3.05, 3.63) is 16.6 Å². The van der Waals surface area contributed by atoms with E-state index in [0.717, 1.165) is 4.47 Å². The summed E-state index contributed by atoms with van der Waals surface area (Å²) >= 11 is 3.37. The molecule has 0 heterocycles. The van der Waals surface area contributed by atoms with Gasteiger partial charge in [-0.05, 0) is 15.9 Å². The van der Waals surface area contributed by atoms with Crippen LogP contribution in [0.25, 0.3) is 0 Å². The molecule has 0 N–H and O–H groups in total. The summed E-state index contributed by atoms with van der Waals surface area (Å²) in [6.45, 7) is 0.189. The molecule has 0 bridgehead atoms. The van der Waals surface area contributed by atoms with E-state index >= 15 is 0 Å². The molecule has 1 rings (SSSR count). The fourth-order valence-corrected chi connectivity index (χ4v) is 1.51. The summed E-state index contributed by atoms with van der Waals surface area (Å²) in [6, 6.07) is 3.52. The third-order valence-electron chi connectivity index (χ3n) is 1.77. The van der Waals surface area contributed by atoms with Crippen LogP contribution >= 0.6 is 15.9 Å². The van der Waals surface area contributed by atoms with Crippen LogP contribution in [0.5, 0.6) is 17.2 Å². The second-order valence-corrected chi connectivity index (χ2v) is 3.54. The average Bonchev–Trinajstić information content (AvgIpc) is 2.27. The van der Waals surface area contributed by atoms with Gasteiger partial charge >= 0.3 is 0 Å². The Hall–Kier alpha value is -0.940. The lowest BCUT2D eigenvalue weighted by Crippen LogP contribution is -2.00. The third kappa shape index (κ3) is 3.00. The Bertz CT molecular complexity index is 327. The zero-order valence-electron chi connectivity index (χ0n) is 8.87. The zero-order valence-corrected chi connectivity index (χ0v) is 10.5. The molecule has 1 aromatic carbocycles. The van der Waals surface area contributed by atoms with Crippen molar-refractivity contribution in [1.82, 2.24) is 0 Å². The Labute approximate surface area is 97.2 Å². The Morgan fingerprint density at radius 1 is 1.00 bits per heavy atom. The summed E-state index contributed by atoms with van der Waals surface area (Å²) in [4.78, 5) is 0. The lowest BCUT2D eigenvalue weighted by molar-refractivity contribution is 0.0504. The molecule has 84 valence electrons. The molecule has 0 radical (unpaired) electrons. The standard InChI is InChI=1S/C10H13BrO4/c1-12-6-15-8-5-10(14-3)9(13-2)4-7(8)11/h4-5H,6H2,1-3H3. The molecule has 1 aromatic rings. The smallest absolute Gasteiger partial charge is 0.188 e. The van der Waals surface area contributed by atoms with Gasteiger partial charge in [-0.1, -0.05) is 0 Å². The summed E-state index contributed by atoms with van der Waals surface area (Å²) in [5.74, 6) is 1.91. The van der Waals surface area contributed by atoms with Crippen LogP contribution in [-0.2, 0) is 4.74 Å². The number of hydrogen-bond donors (Lipinski definition) is 0. The number of rotatable bonds is 5. The van der Waals surface area contributed by atoms with Crippen LogP contribution in [0.2, 0.25) is 0 Å². The Morgan fingerprint density at radius 2 is 1.60 bits per heavy atom. The number of methoxy groups -OCH3 is 3. The fraction of sp³-hybridized carbons (Fsp3) is 0.400. The number of hydrogen-bond acceptors (Lipinski definition) is 4. The fourth-order valence-electron chi connectivity index (χ4n) is 1.07. The van der Waals surface area contributed by atoms with Gasteiger partial charge in [0, 0.05) is 19.2 Å². The average molecular weight is 277 g/mol. The lowest BCUT2D eigenvalue weighted by atomic mass is 10.3. The number of halogens is 1. The summed E-state index contributed by atoms with van der Waals surface area (Å²) in [7, 11) is 4.72. The van der Waals surface area contributed by atoms with E-state index in [0.29, 0.717) is 17.2 Å². The Balaban J connectivity index is 2.97. The first-order valence-corrected chi connectivity index (χ1v) is 5.05. The van der Waals surface area contributed by atoms with Crippen LogP contribution in [0.1, 0.15) is 0 Å². The van der Waals surface area contributed by atoms with E-state index < -0.39 is 0 Å². The van der Waals surface area contributed by atoms with Crippen molar-refractivity contribution in [2.75, 3.05) is 28.1 Å². The Kier molecular flexibility index (Phi) is 4.71. The molecule has 5 heteroatoms. The van der Waals surface area contributed by atoms with E-state index in [1.165, 1.54) is 0 Å². The lowest BCUT2D eigenvalue weighted by Gasteiger charge is -2.12. The van der Waals surface area contributed by atoms with Gasteiger partial charge in [0.15, 0.2) is 18.3 Å². The highest BCUT2D eigenvalue weighted by Crippen LogP contribution is 2.37. The van der Waals surface area contributed by atoms with Crippen LogP contribution < -0.4 is 14.2 Å². The first-order chi connectivity index (χ1) is 7.22. The van der Waals surface area contributed by atoms with E-state index in [4.69, 9.17) is 18.9 Å². The van der Waals surface area contributed by atoms with Crippen molar-refractivity contribution >= 4 is 15.9 Å². The molecular formula is C10H13BrO4. The molecule has 0 aliphatic heterocycles. The minimum atomic E-state index is 0.189. The third-order valence-corrected chi connectivity index (χ3v) is 2.39. The van der Waals surface area contributed by atoms with E-state index in [1.54, 1.807) is 33.5 Å². The van der Waals surface area contributed by atoms with Crippen molar-refractivity contribution in [3.63, 3.8) is 0 Å². The molecule has 0 saturated carbocycles. The largest absolute Gasteiger partial charge is 0.493 e. The molecule has 0 aromatic heterocycles. The Morgan fingerprint density at radius 3 is 2.13 bits per heavy atom. The van der Waals surface area contributed by atoms with Crippen LogP contribution in [0.3, 0.4) is 0 Å². The molecule has 0 fully saturated rings. The van der Waals surface area contributed by atoms with Gasteiger partial charge in [0.25, 0.3) is 0 Å². The molecule has 0 aliphatic rings. The maximum Gasteiger partial charge on any atom is 0.188 e. The predicted octanol–water partition coefficient (Wildman–Crippen LogP) is 2.45. The zero-order chi connectivity index (χ0) is 11.3. The van der Waals surface area contributed by atoms with Crippen molar-refractivity contribution in [2.45, 2.75) is 0 Å². The minimum absolute atomic E-state index is 0.189. The van der Waals surface area contributed by atoms with E-state index in [-0.39, 0.29) is 6.79 Å². The highest BCUT2D eigenvalue weighted by Gasteiger charge is 2.10. The van der Waals surface area contributed by atoms with Gasteiger partial charge in [0.05, 0.1) is 18.7 Å². The van der Waals surface area contributed by atoms with Gasteiger partial charge in [-0.15, -0.1) is 0 Å². The minimum Gasteiger partial charge on any atom is -0.493 e. The van der Waals surface area contributed by atoms with Crippen molar-refractivity contribution in [3.8, 4) is 17.2 Å². The van der Waals surface area contributed by atoms with Gasteiger partial charge < -0.3 is 18.9 Å². The molecule has 4 nitrogen and oxygen atoms in total. The van der Waals surface area contributed by atoms with Crippen LogP contribution in [-0.4, -0.2) is 28.1 Å². The summed E-state index contributed by atoms with van der Waals surface area (Å²) in [6.07, 6.45) is 0. The van der Waals surface area contributed by atoms with E-state index in [1.807, 2.05) is 0 Å². The quantitative estimate of drug-likeness (QED) is 0.775. The molecule has 0 aliphatic carbocycles. The van der Waals surface area contributed by atoms with Gasteiger partial charge in [0.2, 0.25) is 0 Å². The van der Waals surface area contributed by atoms with E-state index in [2.05, 4.69) is 15.9 Å². The molecule has 15 heavy (non-hydrogen) atoms. The van der Waals surface area contributed by atoms with Gasteiger partial charge in [0.1, 0.15) is 5.75 Å². The van der Waals surface area contributed by atoms with Gasteiger partial charge in [-0.25, -0.2) is 0 Å². The maximum absolute atomic E-state index is 5.32. The molecular weight excluding hydrogens is 264 g/mol. The molecule has 0 unspecified atom stereocenters. The summed E-state index contributed by atoms with van der Waals surface area (Å²) in [5, 5.41) is 0. The van der Waals surface area contributed by atoms with Crippen LogP contribution in [0.15, 0.2) is 16.6 Å². The normalized spacial score (nSPS) is 9.87. The first-order valence-electron chi connectivity index (χ1n) is 4.26. The van der Waals surface area contributed by atoms with Crippen LogP contribution in [0, 0.1) is 0 Å². The highest BCUT2D eigenvalue weighted by molar-refractivity contribution is 9.10. The first kappa shape index (κ1) is 12.1. The predicted molar refractivity (Wildman–Crippen MR) is 59.8 cm³/mol. The second kappa shape index (κ2) is 5.82. The molecule has 0 amide bonds. The van der Waals surface area contributed by atoms with Crippen molar-refractivity contribution in [2.24, 2.45) is 0 Å². The highest BCUT2D eigenvalue weighted by atomic mass is 79.9. The van der Waals surface area contributed by atoms with E-state index in [9.17, 15) is 0 Å². The molecule has 0 spiro atoms. The molecule has 0 saturated heterocycles. The van der Waals surface area contributed by atoms with Crippen molar-refractivity contribution < 1.29 is 18.9 Å². The number of benzene rings is 1. The number of ether oxygens (including phenoxy) is 4. The topological polar surface area (TPSA) is 36.9 Å². The maximum atomic E-state index is 5.32. The van der Waals surface area contributed by atoms with Gasteiger partial charge in [-0.3, -0.25) is 0 Å². The molecule has 0 atom stereocenters. The monoisotopic (exact) mass is 276 g/mol. The summed E-state index contributed by atoms with van der Waals surface area (Å²) < 4.78 is 21.2.